The Hall–Kier alpha value is -3.73. The normalized spacial score (nSPS) is 20.7. The van der Waals surface area contributed by atoms with Gasteiger partial charge in [-0.25, -0.2) is 0 Å². The van der Waals surface area contributed by atoms with Crippen molar-refractivity contribution in [3.8, 4) is 0 Å². The zero-order valence-electron chi connectivity index (χ0n) is 22.9. The number of nitrogens with zero attached hydrogens (tertiary/aromatic N) is 3. The number of aryl methyl sites for hydroxylation is 1. The van der Waals surface area contributed by atoms with E-state index in [0.717, 1.165) is 47.8 Å². The zero-order valence-corrected chi connectivity index (χ0v) is 22.9. The Morgan fingerprint density at radius 3 is 2.18 bits per heavy atom. The number of hydrogen-bond acceptors (Lipinski definition) is 4. The Balaban J connectivity index is 1.60. The third kappa shape index (κ3) is 4.78. The summed E-state index contributed by atoms with van der Waals surface area (Å²) >= 11 is 0. The molecule has 1 heterocycles. The van der Waals surface area contributed by atoms with Crippen molar-refractivity contribution in [2.75, 3.05) is 22.9 Å². The molecule has 196 valence electrons. The van der Waals surface area contributed by atoms with E-state index in [-0.39, 0.29) is 17.6 Å². The Morgan fingerprint density at radius 1 is 0.895 bits per heavy atom. The molecule has 5 heteroatoms. The number of Topliss-reactive ketones (excluding diaryl/α,β-unsaturated/α-hetero) is 1. The van der Waals surface area contributed by atoms with Crippen molar-refractivity contribution in [2.24, 2.45) is 10.9 Å². The van der Waals surface area contributed by atoms with Crippen LogP contribution in [-0.4, -0.2) is 30.5 Å². The van der Waals surface area contributed by atoms with Crippen LogP contribution in [0.1, 0.15) is 69.2 Å². The minimum Gasteiger partial charge on any atom is -0.372 e. The molecule has 5 rings (SSSR count). The number of rotatable bonds is 6. The quantitative estimate of drug-likeness (QED) is 0.360. The number of hydrogen-bond donors (Lipinski definition) is 0. The highest BCUT2D eigenvalue weighted by Gasteiger charge is 2.45. The third-order valence-electron chi connectivity index (χ3n) is 8.17. The molecule has 5 nitrogen and oxygen atoms in total. The SMILES string of the molecule is CCc1ccc(C2CC(=O)C3C(=Nc4ccccc4N(C(C)=O)C3c3ccc(N(CC)CC)cc3)C2)cc1. The monoisotopic (exact) mass is 507 g/mol. The van der Waals surface area contributed by atoms with E-state index in [4.69, 9.17) is 4.99 Å². The summed E-state index contributed by atoms with van der Waals surface area (Å²) in [5.74, 6) is -0.324. The van der Waals surface area contributed by atoms with Gasteiger partial charge in [-0.15, -0.1) is 0 Å². The topological polar surface area (TPSA) is 53.0 Å². The highest BCUT2D eigenvalue weighted by atomic mass is 16.2. The first-order chi connectivity index (χ1) is 18.4. The Kier molecular flexibility index (Phi) is 7.46. The maximum atomic E-state index is 14.0. The molecule has 0 bridgehead atoms. The Labute approximate surface area is 226 Å². The van der Waals surface area contributed by atoms with Gasteiger partial charge in [-0.2, -0.15) is 0 Å². The second-order valence-electron chi connectivity index (χ2n) is 10.3. The largest absolute Gasteiger partial charge is 0.372 e. The van der Waals surface area contributed by atoms with Crippen LogP contribution in [0.2, 0.25) is 0 Å². The van der Waals surface area contributed by atoms with E-state index < -0.39 is 12.0 Å². The molecule has 1 fully saturated rings. The van der Waals surface area contributed by atoms with Crippen molar-refractivity contribution in [1.82, 2.24) is 0 Å². The Bertz CT molecular complexity index is 1340. The smallest absolute Gasteiger partial charge is 0.224 e. The lowest BCUT2D eigenvalue weighted by Gasteiger charge is -2.38. The van der Waals surface area contributed by atoms with Gasteiger partial charge < -0.3 is 9.80 Å². The first-order valence-corrected chi connectivity index (χ1v) is 13.9. The lowest BCUT2D eigenvalue weighted by atomic mass is 9.72. The van der Waals surface area contributed by atoms with Gasteiger partial charge in [-0.3, -0.25) is 14.6 Å². The molecule has 1 aliphatic heterocycles. The minimum absolute atomic E-state index is 0.0863. The highest BCUT2D eigenvalue weighted by Crippen LogP contribution is 2.47. The first-order valence-electron chi connectivity index (χ1n) is 13.9. The van der Waals surface area contributed by atoms with Gasteiger partial charge >= 0.3 is 0 Å². The van der Waals surface area contributed by atoms with E-state index in [2.05, 4.69) is 74.2 Å². The summed E-state index contributed by atoms with van der Waals surface area (Å²) < 4.78 is 0. The standard InChI is InChI=1S/C33H37N3O2/c1-5-23-12-14-24(15-13-23)26-20-29-32(31(38)21-26)33(25-16-18-27(19-17-25)35(6-2)7-3)36(22(4)37)30-11-9-8-10-28(30)34-29/h8-19,26,32-33H,5-7,20-21H2,1-4H3. The highest BCUT2D eigenvalue weighted by molar-refractivity contribution is 6.13. The molecule has 0 saturated heterocycles. The molecule has 2 aliphatic rings. The molecule has 0 spiro atoms. The number of anilines is 2. The van der Waals surface area contributed by atoms with Gasteiger partial charge in [0.25, 0.3) is 0 Å². The number of amides is 1. The molecular formula is C33H37N3O2. The fourth-order valence-corrected chi connectivity index (χ4v) is 6.14. The number of ketones is 1. The minimum atomic E-state index is -0.475. The number of aliphatic imine (C=N–C) groups is 1. The summed E-state index contributed by atoms with van der Waals surface area (Å²) in [6.45, 7) is 9.87. The van der Waals surface area contributed by atoms with Crippen molar-refractivity contribution in [2.45, 2.75) is 58.9 Å². The van der Waals surface area contributed by atoms with Gasteiger partial charge in [0, 0.05) is 37.8 Å². The van der Waals surface area contributed by atoms with E-state index >= 15 is 0 Å². The number of benzene rings is 3. The second kappa shape index (κ2) is 10.9. The fourth-order valence-electron chi connectivity index (χ4n) is 6.14. The number of carbonyl (C=O) groups excluding carboxylic acids is 2. The van der Waals surface area contributed by atoms with Crippen LogP contribution in [0, 0.1) is 5.92 Å². The molecule has 38 heavy (non-hydrogen) atoms. The zero-order chi connectivity index (χ0) is 26.8. The van der Waals surface area contributed by atoms with Crippen LogP contribution in [0.3, 0.4) is 0 Å². The molecule has 3 aromatic carbocycles. The molecule has 1 aliphatic carbocycles. The summed E-state index contributed by atoms with van der Waals surface area (Å²) in [6.07, 6.45) is 2.15. The van der Waals surface area contributed by atoms with E-state index in [1.807, 2.05) is 24.3 Å². The number of fused-ring (bicyclic) bond motifs is 2. The summed E-state index contributed by atoms with van der Waals surface area (Å²) in [7, 11) is 0. The molecular weight excluding hydrogens is 470 g/mol. The molecule has 1 amide bonds. The van der Waals surface area contributed by atoms with Gasteiger partial charge in [0.05, 0.1) is 23.3 Å². The molecule has 0 radical (unpaired) electrons. The van der Waals surface area contributed by atoms with E-state index in [9.17, 15) is 9.59 Å². The van der Waals surface area contributed by atoms with Crippen molar-refractivity contribution < 1.29 is 9.59 Å². The van der Waals surface area contributed by atoms with Gasteiger partial charge in [-0.1, -0.05) is 55.5 Å². The fraction of sp³-hybridized carbons (Fsp3) is 0.364. The first kappa shape index (κ1) is 25.9. The summed E-state index contributed by atoms with van der Waals surface area (Å²) in [6, 6.07) is 24.4. The maximum absolute atomic E-state index is 14.0. The molecule has 3 aromatic rings. The van der Waals surface area contributed by atoms with Gasteiger partial charge in [0.15, 0.2) is 0 Å². The third-order valence-corrected chi connectivity index (χ3v) is 8.17. The van der Waals surface area contributed by atoms with Gasteiger partial charge in [-0.05, 0) is 73.6 Å². The van der Waals surface area contributed by atoms with E-state index in [1.165, 1.54) is 11.1 Å². The number of para-hydroxylation sites is 2. The van der Waals surface area contributed by atoms with Crippen molar-refractivity contribution in [3.05, 3.63) is 89.5 Å². The van der Waals surface area contributed by atoms with Crippen molar-refractivity contribution in [3.63, 3.8) is 0 Å². The van der Waals surface area contributed by atoms with Gasteiger partial charge in [0.2, 0.25) is 5.91 Å². The second-order valence-corrected chi connectivity index (χ2v) is 10.3. The van der Waals surface area contributed by atoms with Crippen LogP contribution < -0.4 is 9.80 Å². The maximum Gasteiger partial charge on any atom is 0.224 e. The molecule has 3 unspecified atom stereocenters. The summed E-state index contributed by atoms with van der Waals surface area (Å²) in [5.41, 5.74) is 6.96. The predicted octanol–water partition coefficient (Wildman–Crippen LogP) is 7.04. The number of carbonyl (C=O) groups is 2. The van der Waals surface area contributed by atoms with E-state index in [0.29, 0.717) is 12.8 Å². The average molecular weight is 508 g/mol. The summed E-state index contributed by atoms with van der Waals surface area (Å²) in [4.78, 5) is 36.5. The molecule has 0 N–H and O–H groups in total. The molecule has 0 aromatic heterocycles. The lowest BCUT2D eigenvalue weighted by molar-refractivity contribution is -0.123. The molecule has 3 atom stereocenters. The Morgan fingerprint density at radius 2 is 1.55 bits per heavy atom. The van der Waals surface area contributed by atoms with Crippen LogP contribution in [0.25, 0.3) is 0 Å². The molecule has 1 saturated carbocycles. The van der Waals surface area contributed by atoms with Crippen LogP contribution in [0.4, 0.5) is 17.1 Å². The van der Waals surface area contributed by atoms with E-state index in [1.54, 1.807) is 11.8 Å². The van der Waals surface area contributed by atoms with Crippen LogP contribution in [0.15, 0.2) is 77.8 Å². The average Bonchev–Trinajstić information content (AvgIpc) is 3.09. The van der Waals surface area contributed by atoms with Gasteiger partial charge in [0.1, 0.15) is 5.78 Å². The van der Waals surface area contributed by atoms with Crippen LogP contribution in [0.5, 0.6) is 0 Å². The van der Waals surface area contributed by atoms with Crippen molar-refractivity contribution in [1.29, 1.82) is 0 Å². The van der Waals surface area contributed by atoms with Crippen LogP contribution >= 0.6 is 0 Å². The van der Waals surface area contributed by atoms with Crippen molar-refractivity contribution >= 4 is 34.5 Å². The lowest BCUT2D eigenvalue weighted by Crippen LogP contribution is -2.45. The van der Waals surface area contributed by atoms with Crippen LogP contribution in [-0.2, 0) is 16.0 Å². The summed E-state index contributed by atoms with van der Waals surface area (Å²) in [5, 5.41) is 0. The predicted molar refractivity (Wildman–Crippen MR) is 156 cm³/mol.